The fraction of sp³-hybridized carbons (Fsp3) is 0.417. The molecule has 0 saturated carbocycles. The van der Waals surface area contributed by atoms with E-state index >= 15 is 0 Å². The highest BCUT2D eigenvalue weighted by molar-refractivity contribution is 7.98. The van der Waals surface area contributed by atoms with Gasteiger partial charge in [0.15, 0.2) is 5.82 Å². The summed E-state index contributed by atoms with van der Waals surface area (Å²) >= 11 is 1.73. The highest BCUT2D eigenvalue weighted by Gasteiger charge is 2.15. The Morgan fingerprint density at radius 3 is 2.79 bits per heavy atom. The van der Waals surface area contributed by atoms with E-state index in [1.165, 1.54) is 10.9 Å². The molecule has 0 bridgehead atoms. The lowest BCUT2D eigenvalue weighted by atomic mass is 9.96. The summed E-state index contributed by atoms with van der Waals surface area (Å²) < 4.78 is 5.82. The van der Waals surface area contributed by atoms with Gasteiger partial charge in [-0.25, -0.2) is 0 Å². The van der Waals surface area contributed by atoms with E-state index in [0.29, 0.717) is 18.9 Å². The van der Waals surface area contributed by atoms with Crippen molar-refractivity contribution in [3.63, 3.8) is 0 Å². The van der Waals surface area contributed by atoms with Gasteiger partial charge in [-0.15, -0.1) is 0 Å². The van der Waals surface area contributed by atoms with Gasteiger partial charge in [0.05, 0.1) is 17.2 Å². The Morgan fingerprint density at radius 1 is 1.24 bits per heavy atom. The normalized spacial score (nSPS) is 12.9. The lowest BCUT2D eigenvalue weighted by molar-refractivity contribution is -0.404. The number of furan rings is 1. The molecule has 0 spiro atoms. The molecule has 1 atom stereocenters. The van der Waals surface area contributed by atoms with Crippen molar-refractivity contribution in [1.29, 1.82) is 0 Å². The van der Waals surface area contributed by atoms with E-state index in [4.69, 9.17) is 4.42 Å². The Labute approximate surface area is 198 Å². The molecule has 9 heteroatoms. The molecule has 0 radical (unpaired) electrons. The maximum atomic E-state index is 11.1. The third-order valence-corrected chi connectivity index (χ3v) is 6.30. The zero-order valence-corrected chi connectivity index (χ0v) is 20.3. The Balaban J connectivity index is 1.47. The van der Waals surface area contributed by atoms with E-state index in [1.54, 1.807) is 11.8 Å². The van der Waals surface area contributed by atoms with Gasteiger partial charge >= 0.3 is 0 Å². The van der Waals surface area contributed by atoms with Crippen LogP contribution in [0.3, 0.4) is 0 Å². The number of benzene rings is 1. The second-order valence-corrected chi connectivity index (χ2v) is 9.29. The largest absolute Gasteiger partial charge is 0.464 e. The number of hydrogen-bond acceptors (Lipinski definition) is 7. The zero-order valence-electron chi connectivity index (χ0n) is 19.5. The first-order valence-corrected chi connectivity index (χ1v) is 12.3. The minimum atomic E-state index is -0.426. The predicted molar refractivity (Wildman–Crippen MR) is 135 cm³/mol. The van der Waals surface area contributed by atoms with Gasteiger partial charge in [0.2, 0.25) is 0 Å². The van der Waals surface area contributed by atoms with E-state index in [9.17, 15) is 10.1 Å². The van der Waals surface area contributed by atoms with Crippen LogP contribution in [0.5, 0.6) is 0 Å². The van der Waals surface area contributed by atoms with Crippen LogP contribution in [-0.4, -0.2) is 47.7 Å². The predicted octanol–water partition coefficient (Wildman–Crippen LogP) is 4.50. The summed E-state index contributed by atoms with van der Waals surface area (Å²) in [6.07, 6.45) is 3.97. The first kappa shape index (κ1) is 24.7. The van der Waals surface area contributed by atoms with Crippen molar-refractivity contribution in [3.05, 3.63) is 81.8 Å². The maximum Gasteiger partial charge on any atom is 0.274 e. The molecule has 0 aliphatic carbocycles. The fourth-order valence-corrected chi connectivity index (χ4v) is 4.47. The number of para-hydroxylation sites is 1. The number of nitro groups is 1. The first-order chi connectivity index (χ1) is 16.0. The number of aromatic nitrogens is 1. The van der Waals surface area contributed by atoms with Gasteiger partial charge in [0.1, 0.15) is 11.5 Å². The minimum Gasteiger partial charge on any atom is -0.464 e. The van der Waals surface area contributed by atoms with Gasteiger partial charge < -0.3 is 24.9 Å². The zero-order chi connectivity index (χ0) is 23.6. The number of fused-ring (bicyclic) bond motifs is 1. The maximum absolute atomic E-state index is 11.1. The molecule has 2 aromatic heterocycles. The van der Waals surface area contributed by atoms with Gasteiger partial charge in [-0.1, -0.05) is 25.1 Å². The van der Waals surface area contributed by atoms with E-state index < -0.39 is 4.92 Å². The Bertz CT molecular complexity index is 1060. The summed E-state index contributed by atoms with van der Waals surface area (Å²) in [5.41, 5.74) is 2.33. The van der Waals surface area contributed by atoms with Gasteiger partial charge in [0.25, 0.3) is 6.20 Å². The van der Waals surface area contributed by atoms with Gasteiger partial charge in [0, 0.05) is 41.9 Å². The fourth-order valence-electron chi connectivity index (χ4n) is 3.73. The van der Waals surface area contributed by atoms with Crippen molar-refractivity contribution < 1.29 is 9.34 Å². The van der Waals surface area contributed by atoms with Crippen LogP contribution in [-0.2, 0) is 12.3 Å². The second-order valence-electron chi connectivity index (χ2n) is 8.19. The molecule has 3 rings (SSSR count). The summed E-state index contributed by atoms with van der Waals surface area (Å²) in [5, 5.41) is 18.7. The smallest absolute Gasteiger partial charge is 0.274 e. The van der Waals surface area contributed by atoms with Crippen LogP contribution >= 0.6 is 11.8 Å². The number of H-pyrrole nitrogens is 1. The van der Waals surface area contributed by atoms with Crippen molar-refractivity contribution in [2.75, 3.05) is 32.9 Å². The number of nitrogens with zero attached hydrogens (tertiary/aromatic N) is 2. The molecule has 0 saturated heterocycles. The molecule has 0 amide bonds. The van der Waals surface area contributed by atoms with Crippen LogP contribution in [0.15, 0.2) is 59.0 Å². The monoisotopic (exact) mass is 471 g/mol. The molecule has 1 aromatic carbocycles. The highest BCUT2D eigenvalue weighted by atomic mass is 32.2. The van der Waals surface area contributed by atoms with Gasteiger partial charge in [-0.2, -0.15) is 11.8 Å². The summed E-state index contributed by atoms with van der Waals surface area (Å²) in [6.45, 7) is 4.14. The Kier molecular flexibility index (Phi) is 9.26. The highest BCUT2D eigenvalue weighted by Crippen LogP contribution is 2.27. The molecule has 2 heterocycles. The molecule has 0 fully saturated rings. The molecule has 0 aliphatic heterocycles. The average Bonchev–Trinajstić information content (AvgIpc) is 3.40. The number of thioether (sulfide) groups is 1. The standard InChI is InChI=1S/C24H33N5O3S/c1-4-18(22-14-26-23-8-6-5-7-21(22)23)13-27-24(16-29(30)31)25-11-12-33-17-20-10-9-19(32-20)15-28(2)3/h5-10,14,16,18,25-27H,4,11-13,15,17H2,1-3H3/b24-16-. The summed E-state index contributed by atoms with van der Waals surface area (Å²) in [7, 11) is 4.02. The number of rotatable bonds is 14. The molecule has 1 unspecified atom stereocenters. The number of hydrogen-bond donors (Lipinski definition) is 3. The van der Waals surface area contributed by atoms with Crippen LogP contribution in [0.1, 0.15) is 36.3 Å². The SMILES string of the molecule is CCC(CN/C(=C\[N+](=O)[O-])NCCSCc1ccc(CN(C)C)o1)c1c[nH]c2ccccc12. The molecular formula is C24H33N5O3S. The molecule has 3 N–H and O–H groups in total. The molecule has 8 nitrogen and oxygen atoms in total. The lowest BCUT2D eigenvalue weighted by Gasteiger charge is -2.18. The molecule has 33 heavy (non-hydrogen) atoms. The molecule has 178 valence electrons. The minimum absolute atomic E-state index is 0.239. The first-order valence-electron chi connectivity index (χ1n) is 11.2. The molecule has 0 aliphatic rings. The summed E-state index contributed by atoms with van der Waals surface area (Å²) in [5.74, 6) is 4.15. The quantitative estimate of drug-likeness (QED) is 0.181. The van der Waals surface area contributed by atoms with Crippen molar-refractivity contribution in [2.45, 2.75) is 31.6 Å². The Morgan fingerprint density at radius 2 is 2.03 bits per heavy atom. The second kappa shape index (κ2) is 12.4. The van der Waals surface area contributed by atoms with Crippen molar-refractivity contribution >= 4 is 22.7 Å². The Hall–Kier alpha value is -2.91. The van der Waals surface area contributed by atoms with Crippen molar-refractivity contribution in [1.82, 2.24) is 20.5 Å². The van der Waals surface area contributed by atoms with Crippen LogP contribution in [0.2, 0.25) is 0 Å². The molecule has 3 aromatic rings. The number of aromatic amines is 1. The third kappa shape index (κ3) is 7.57. The lowest BCUT2D eigenvalue weighted by Crippen LogP contribution is -2.31. The molecular weight excluding hydrogens is 438 g/mol. The third-order valence-electron chi connectivity index (χ3n) is 5.32. The van der Waals surface area contributed by atoms with E-state index in [0.717, 1.165) is 47.7 Å². The number of nitrogens with one attached hydrogen (secondary N) is 3. The van der Waals surface area contributed by atoms with E-state index in [-0.39, 0.29) is 5.92 Å². The van der Waals surface area contributed by atoms with E-state index in [1.807, 2.05) is 44.6 Å². The average molecular weight is 472 g/mol. The van der Waals surface area contributed by atoms with Crippen LogP contribution < -0.4 is 10.6 Å². The topological polar surface area (TPSA) is 99.4 Å². The van der Waals surface area contributed by atoms with Crippen LogP contribution in [0, 0.1) is 10.1 Å². The summed E-state index contributed by atoms with van der Waals surface area (Å²) in [4.78, 5) is 16.1. The summed E-state index contributed by atoms with van der Waals surface area (Å²) in [6, 6.07) is 12.2. The van der Waals surface area contributed by atoms with Crippen molar-refractivity contribution in [3.8, 4) is 0 Å². The van der Waals surface area contributed by atoms with Crippen molar-refractivity contribution in [2.24, 2.45) is 0 Å². The van der Waals surface area contributed by atoms with Gasteiger partial charge in [-0.3, -0.25) is 10.1 Å². The van der Waals surface area contributed by atoms with Crippen LogP contribution in [0.25, 0.3) is 10.9 Å². The van der Waals surface area contributed by atoms with Gasteiger partial charge in [-0.05, 0) is 44.3 Å². The van der Waals surface area contributed by atoms with Crippen LogP contribution in [0.4, 0.5) is 0 Å². The van der Waals surface area contributed by atoms with E-state index in [2.05, 4.69) is 39.6 Å².